The van der Waals surface area contributed by atoms with E-state index < -0.39 is 37.4 Å². The molecule has 0 aliphatic carbocycles. The van der Waals surface area contributed by atoms with Crippen LogP contribution in [-0.4, -0.2) is 37.8 Å². The highest BCUT2D eigenvalue weighted by atomic mass is 32.2. The summed E-state index contributed by atoms with van der Waals surface area (Å²) in [5, 5.41) is 16.7. The predicted octanol–water partition coefficient (Wildman–Crippen LogP) is 0.262. The van der Waals surface area contributed by atoms with Gasteiger partial charge in [0, 0.05) is 40.2 Å². The molecule has 13 heteroatoms. The SMILES string of the molecule is Nc1cc(C#CC#CS(N)(=O)=O)cc(-c2ccc(N)cc2C#CC2=CN[C@H](S(=O)(=O)O)[C@H](C(=O)O)C2)c1. The third-order valence-electron chi connectivity index (χ3n) is 5.00. The number of carbonyl (C=O) groups is 1. The molecule has 2 aromatic carbocycles. The molecule has 1 heterocycles. The maximum absolute atomic E-state index is 11.5. The van der Waals surface area contributed by atoms with Crippen LogP contribution >= 0.6 is 0 Å². The number of sulfonamides is 1. The first-order valence-corrected chi connectivity index (χ1v) is 13.3. The molecule has 0 radical (unpaired) electrons. The van der Waals surface area contributed by atoms with Crippen molar-refractivity contribution in [1.82, 2.24) is 5.32 Å². The molecular formula is C24H20N4O7S2. The number of nitrogens with two attached hydrogens (primary N) is 3. The molecular weight excluding hydrogens is 520 g/mol. The zero-order chi connectivity index (χ0) is 27.4. The van der Waals surface area contributed by atoms with Crippen molar-refractivity contribution >= 4 is 37.5 Å². The topological polar surface area (TPSA) is 216 Å². The number of carboxylic acid groups (broad SMARTS) is 1. The van der Waals surface area contributed by atoms with Gasteiger partial charge in [0.2, 0.25) is 0 Å². The van der Waals surface area contributed by atoms with Crippen molar-refractivity contribution in [3.05, 3.63) is 59.3 Å². The van der Waals surface area contributed by atoms with Crippen molar-refractivity contribution in [3.8, 4) is 46.0 Å². The smallest absolute Gasteiger partial charge is 0.310 e. The second-order valence-electron chi connectivity index (χ2n) is 7.84. The van der Waals surface area contributed by atoms with Crippen LogP contribution < -0.4 is 21.9 Å². The van der Waals surface area contributed by atoms with Gasteiger partial charge in [-0.3, -0.25) is 9.35 Å². The molecule has 9 N–H and O–H groups in total. The van der Waals surface area contributed by atoms with Gasteiger partial charge in [-0.2, -0.15) is 16.8 Å². The van der Waals surface area contributed by atoms with Crippen molar-refractivity contribution in [1.29, 1.82) is 0 Å². The number of nitrogens with one attached hydrogen (secondary N) is 1. The van der Waals surface area contributed by atoms with Gasteiger partial charge >= 0.3 is 5.97 Å². The third kappa shape index (κ3) is 7.51. The lowest BCUT2D eigenvalue weighted by Crippen LogP contribution is -2.46. The van der Waals surface area contributed by atoms with E-state index in [0.717, 1.165) is 0 Å². The summed E-state index contributed by atoms with van der Waals surface area (Å²) in [6.07, 6.45) is 1.02. The normalized spacial score (nSPS) is 16.9. The summed E-state index contributed by atoms with van der Waals surface area (Å²) < 4.78 is 54.1. The zero-order valence-electron chi connectivity index (χ0n) is 18.9. The second-order valence-corrected chi connectivity index (χ2v) is 10.7. The van der Waals surface area contributed by atoms with Gasteiger partial charge in [0.1, 0.15) is 0 Å². The Balaban J connectivity index is 2.00. The van der Waals surface area contributed by atoms with E-state index in [0.29, 0.717) is 39.2 Å². The van der Waals surface area contributed by atoms with Gasteiger partial charge < -0.3 is 21.9 Å². The highest BCUT2D eigenvalue weighted by molar-refractivity contribution is 7.93. The molecule has 0 spiro atoms. The van der Waals surface area contributed by atoms with Crippen LogP contribution in [0.4, 0.5) is 11.4 Å². The van der Waals surface area contributed by atoms with Crippen molar-refractivity contribution in [2.75, 3.05) is 11.5 Å². The Kier molecular flexibility index (Phi) is 7.82. The van der Waals surface area contributed by atoms with Crippen molar-refractivity contribution in [2.24, 2.45) is 11.1 Å². The predicted molar refractivity (Wildman–Crippen MR) is 138 cm³/mol. The van der Waals surface area contributed by atoms with Crippen LogP contribution in [0.25, 0.3) is 11.1 Å². The molecule has 0 saturated heterocycles. The van der Waals surface area contributed by atoms with Crippen LogP contribution in [0.5, 0.6) is 0 Å². The maximum atomic E-state index is 11.5. The standard InChI is InChI=1S/C24H20N4O7S2/c25-19-6-7-21(18-9-15(10-20(26)13-18)3-1-2-8-36(27,31)32)17(12-19)5-4-16-11-22(24(29)30)23(28-14-16)37(33,34)35/h6-7,9-10,12-14,22-23,28H,11,25-26H2,(H,29,30)(H2,27,31,32)(H,33,34,35)/t22-,23-/m1/s1. The van der Waals surface area contributed by atoms with Crippen LogP contribution in [0, 0.1) is 40.8 Å². The fourth-order valence-corrected chi connectivity index (χ4v) is 4.50. The molecule has 1 aliphatic rings. The lowest BCUT2D eigenvalue weighted by molar-refractivity contribution is -0.142. The summed E-state index contributed by atoms with van der Waals surface area (Å²) in [4.78, 5) is 11.5. The molecule has 0 fully saturated rings. The van der Waals surface area contributed by atoms with E-state index in [-0.39, 0.29) is 6.42 Å². The number of carboxylic acids is 1. The van der Waals surface area contributed by atoms with E-state index in [1.165, 1.54) is 6.20 Å². The van der Waals surface area contributed by atoms with Gasteiger partial charge in [0.15, 0.2) is 5.37 Å². The minimum atomic E-state index is -4.65. The van der Waals surface area contributed by atoms with E-state index in [9.17, 15) is 31.3 Å². The summed E-state index contributed by atoms with van der Waals surface area (Å²) in [6.45, 7) is 0. The zero-order valence-corrected chi connectivity index (χ0v) is 20.5. The van der Waals surface area contributed by atoms with Crippen LogP contribution in [0.3, 0.4) is 0 Å². The fraction of sp³-hybridized carbons (Fsp3) is 0.125. The van der Waals surface area contributed by atoms with E-state index in [4.69, 9.17) is 16.6 Å². The Hall–Kier alpha value is -4.45. The van der Waals surface area contributed by atoms with Crippen LogP contribution in [0.1, 0.15) is 17.5 Å². The Labute approximate surface area is 213 Å². The number of rotatable bonds is 3. The highest BCUT2D eigenvalue weighted by Crippen LogP contribution is 2.29. The molecule has 2 aromatic rings. The monoisotopic (exact) mass is 540 g/mol. The third-order valence-corrected chi connectivity index (χ3v) is 6.49. The average Bonchev–Trinajstić information content (AvgIpc) is 2.78. The van der Waals surface area contributed by atoms with E-state index in [2.05, 4.69) is 34.9 Å². The number of primary sulfonamides is 1. The molecule has 3 rings (SSSR count). The van der Waals surface area contributed by atoms with Gasteiger partial charge in [-0.1, -0.05) is 23.8 Å². The molecule has 190 valence electrons. The van der Waals surface area contributed by atoms with Gasteiger partial charge in [0.25, 0.3) is 20.1 Å². The van der Waals surface area contributed by atoms with Crippen LogP contribution in [-0.2, 0) is 24.9 Å². The lowest BCUT2D eigenvalue weighted by Gasteiger charge is -2.25. The Morgan fingerprint density at radius 3 is 2.35 bits per heavy atom. The highest BCUT2D eigenvalue weighted by Gasteiger charge is 2.39. The molecule has 0 bridgehead atoms. The number of allylic oxidation sites excluding steroid dienone is 1. The van der Waals surface area contributed by atoms with Crippen molar-refractivity contribution < 1.29 is 31.3 Å². The Morgan fingerprint density at radius 2 is 1.70 bits per heavy atom. The minimum absolute atomic E-state index is 0.227. The largest absolute Gasteiger partial charge is 0.481 e. The molecule has 11 nitrogen and oxygen atoms in total. The number of hydrogen-bond donors (Lipinski definition) is 6. The van der Waals surface area contributed by atoms with E-state index in [1.807, 2.05) is 0 Å². The number of aliphatic carboxylic acids is 1. The molecule has 1 aliphatic heterocycles. The first-order valence-electron chi connectivity index (χ1n) is 10.2. The van der Waals surface area contributed by atoms with Gasteiger partial charge in [-0.15, -0.1) is 0 Å². The fourth-order valence-electron chi connectivity index (χ4n) is 3.44. The van der Waals surface area contributed by atoms with Crippen molar-refractivity contribution in [3.63, 3.8) is 0 Å². The second kappa shape index (κ2) is 10.7. The van der Waals surface area contributed by atoms with Crippen LogP contribution in [0.15, 0.2) is 48.2 Å². The Morgan fingerprint density at radius 1 is 0.973 bits per heavy atom. The summed E-state index contributed by atoms with van der Waals surface area (Å²) in [5.74, 6) is 10.1. The van der Waals surface area contributed by atoms with Crippen molar-refractivity contribution in [2.45, 2.75) is 11.8 Å². The number of hydrogen-bond acceptors (Lipinski definition) is 8. The van der Waals surface area contributed by atoms with Gasteiger partial charge in [-0.25, -0.2) is 5.14 Å². The first-order chi connectivity index (χ1) is 17.2. The quantitative estimate of drug-likeness (QED) is 0.177. The molecule has 37 heavy (non-hydrogen) atoms. The average molecular weight is 541 g/mol. The maximum Gasteiger partial charge on any atom is 0.310 e. The molecule has 0 aromatic heterocycles. The summed E-state index contributed by atoms with van der Waals surface area (Å²) in [7, 11) is -8.63. The van der Waals surface area contributed by atoms with E-state index >= 15 is 0 Å². The molecule has 0 saturated carbocycles. The lowest BCUT2D eigenvalue weighted by atomic mass is 9.95. The summed E-state index contributed by atoms with van der Waals surface area (Å²) >= 11 is 0. The molecule has 0 unspecified atom stereocenters. The van der Waals surface area contributed by atoms with Gasteiger partial charge in [0.05, 0.1) is 11.2 Å². The number of benzene rings is 2. The Bertz CT molecular complexity index is 1710. The summed E-state index contributed by atoms with van der Waals surface area (Å²) in [6, 6.07) is 9.85. The minimum Gasteiger partial charge on any atom is -0.481 e. The number of anilines is 2. The first kappa shape index (κ1) is 27.1. The number of nitrogen functional groups attached to an aromatic ring is 2. The van der Waals surface area contributed by atoms with Gasteiger partial charge in [-0.05, 0) is 53.8 Å². The molecule has 2 atom stereocenters. The molecule has 0 amide bonds. The van der Waals surface area contributed by atoms with Crippen LogP contribution in [0.2, 0.25) is 0 Å². The summed E-state index contributed by atoms with van der Waals surface area (Å²) in [5.41, 5.74) is 15.1. The van der Waals surface area contributed by atoms with E-state index in [1.54, 1.807) is 41.7 Å².